The Kier molecular flexibility index (Phi) is 3.89. The van der Waals surface area contributed by atoms with Gasteiger partial charge in [-0.05, 0) is 19.9 Å². The first-order valence-corrected chi connectivity index (χ1v) is 5.22. The van der Waals surface area contributed by atoms with Gasteiger partial charge in [-0.3, -0.25) is 4.79 Å². The molecule has 1 atom stereocenters. The fraction of sp³-hybridized carbons (Fsp3) is 0.900. The molecule has 1 aliphatic rings. The highest BCUT2D eigenvalue weighted by molar-refractivity contribution is 5.78. The number of hydrogen-bond acceptors (Lipinski definition) is 3. The zero-order valence-corrected chi connectivity index (χ0v) is 9.29. The second kappa shape index (κ2) is 4.75. The normalized spacial score (nSPS) is 28.4. The monoisotopic (exact) mass is 199 g/mol. The summed E-state index contributed by atoms with van der Waals surface area (Å²) in [6.45, 7) is 2.77. The van der Waals surface area contributed by atoms with Crippen molar-refractivity contribution in [3.63, 3.8) is 0 Å². The molecular weight excluding hydrogens is 178 g/mol. The first kappa shape index (κ1) is 11.5. The maximum Gasteiger partial charge on any atom is 0.223 e. The first-order chi connectivity index (χ1) is 6.54. The van der Waals surface area contributed by atoms with Crippen molar-refractivity contribution >= 4 is 5.91 Å². The fourth-order valence-corrected chi connectivity index (χ4v) is 1.90. The van der Waals surface area contributed by atoms with Crippen molar-refractivity contribution in [2.24, 2.45) is 11.7 Å². The summed E-state index contributed by atoms with van der Waals surface area (Å²) in [6, 6.07) is 0.954. The Balaban J connectivity index is 2.26. The maximum absolute atomic E-state index is 11.3. The third-order valence-electron chi connectivity index (χ3n) is 3.03. The SMILES string of the molecule is CNC(=O)C(C)CN(C)C1CC(N)C1. The Bertz CT molecular complexity index is 202. The van der Waals surface area contributed by atoms with Gasteiger partial charge in [-0.1, -0.05) is 6.92 Å². The van der Waals surface area contributed by atoms with E-state index in [-0.39, 0.29) is 11.8 Å². The smallest absolute Gasteiger partial charge is 0.223 e. The highest BCUT2D eigenvalue weighted by Crippen LogP contribution is 2.23. The molecule has 0 aliphatic heterocycles. The lowest BCUT2D eigenvalue weighted by atomic mass is 9.86. The van der Waals surface area contributed by atoms with Crippen LogP contribution in [0.4, 0.5) is 0 Å². The molecular formula is C10H21N3O. The average Bonchev–Trinajstić information content (AvgIpc) is 2.11. The summed E-state index contributed by atoms with van der Waals surface area (Å²) in [5.74, 6) is 0.169. The van der Waals surface area contributed by atoms with Crippen LogP contribution in [0.15, 0.2) is 0 Å². The van der Waals surface area contributed by atoms with E-state index >= 15 is 0 Å². The van der Waals surface area contributed by atoms with E-state index in [0.717, 1.165) is 19.4 Å². The maximum atomic E-state index is 11.3. The summed E-state index contributed by atoms with van der Waals surface area (Å²) < 4.78 is 0. The number of nitrogens with one attached hydrogen (secondary N) is 1. The summed E-state index contributed by atoms with van der Waals surface area (Å²) in [5, 5.41) is 2.66. The number of rotatable bonds is 4. The third kappa shape index (κ3) is 2.69. The molecule has 4 heteroatoms. The van der Waals surface area contributed by atoms with E-state index in [0.29, 0.717) is 12.1 Å². The summed E-state index contributed by atoms with van der Waals surface area (Å²) >= 11 is 0. The van der Waals surface area contributed by atoms with Crippen molar-refractivity contribution in [2.75, 3.05) is 20.6 Å². The average molecular weight is 199 g/mol. The van der Waals surface area contributed by atoms with Gasteiger partial charge in [-0.2, -0.15) is 0 Å². The lowest BCUT2D eigenvalue weighted by Crippen LogP contribution is -2.51. The van der Waals surface area contributed by atoms with E-state index in [4.69, 9.17) is 5.73 Å². The first-order valence-electron chi connectivity index (χ1n) is 5.22. The van der Waals surface area contributed by atoms with Gasteiger partial charge >= 0.3 is 0 Å². The Morgan fingerprint density at radius 2 is 2.21 bits per heavy atom. The van der Waals surface area contributed by atoms with E-state index < -0.39 is 0 Å². The Labute approximate surface area is 85.8 Å². The summed E-state index contributed by atoms with van der Waals surface area (Å²) in [6.07, 6.45) is 2.13. The molecule has 1 amide bonds. The minimum absolute atomic E-state index is 0.0572. The molecule has 1 rings (SSSR count). The zero-order valence-electron chi connectivity index (χ0n) is 9.29. The van der Waals surface area contributed by atoms with Crippen molar-refractivity contribution in [1.82, 2.24) is 10.2 Å². The second-order valence-electron chi connectivity index (χ2n) is 4.34. The van der Waals surface area contributed by atoms with Gasteiger partial charge in [0.25, 0.3) is 0 Å². The van der Waals surface area contributed by atoms with Crippen LogP contribution in [0.2, 0.25) is 0 Å². The molecule has 1 fully saturated rings. The largest absolute Gasteiger partial charge is 0.359 e. The molecule has 14 heavy (non-hydrogen) atoms. The summed E-state index contributed by atoms with van der Waals surface area (Å²) in [7, 11) is 3.74. The highest BCUT2D eigenvalue weighted by Gasteiger charge is 2.30. The van der Waals surface area contributed by atoms with Crippen molar-refractivity contribution < 1.29 is 4.79 Å². The van der Waals surface area contributed by atoms with Gasteiger partial charge in [0, 0.05) is 31.6 Å². The number of amides is 1. The van der Waals surface area contributed by atoms with Gasteiger partial charge in [-0.25, -0.2) is 0 Å². The molecule has 0 aromatic rings. The van der Waals surface area contributed by atoms with Crippen LogP contribution in [0.1, 0.15) is 19.8 Å². The number of nitrogens with zero attached hydrogens (tertiary/aromatic N) is 1. The standard InChI is InChI=1S/C10H21N3O/c1-7(10(14)12-2)6-13(3)9-4-8(11)5-9/h7-9H,4-6,11H2,1-3H3,(H,12,14). The molecule has 0 radical (unpaired) electrons. The lowest BCUT2D eigenvalue weighted by molar-refractivity contribution is -0.124. The van der Waals surface area contributed by atoms with Gasteiger partial charge in [0.1, 0.15) is 0 Å². The van der Waals surface area contributed by atoms with Crippen LogP contribution < -0.4 is 11.1 Å². The van der Waals surface area contributed by atoms with Crippen molar-refractivity contribution in [3.05, 3.63) is 0 Å². The number of nitrogens with two attached hydrogens (primary N) is 1. The number of hydrogen-bond donors (Lipinski definition) is 2. The predicted octanol–water partition coefficient (Wildman–Crippen LogP) is -0.210. The molecule has 1 saturated carbocycles. The lowest BCUT2D eigenvalue weighted by Gasteiger charge is -2.40. The summed E-state index contributed by atoms with van der Waals surface area (Å²) in [4.78, 5) is 13.5. The molecule has 82 valence electrons. The molecule has 1 aliphatic carbocycles. The van der Waals surface area contributed by atoms with Gasteiger partial charge < -0.3 is 16.0 Å². The van der Waals surface area contributed by atoms with Crippen molar-refractivity contribution in [1.29, 1.82) is 0 Å². The van der Waals surface area contributed by atoms with Crippen LogP contribution >= 0.6 is 0 Å². The topological polar surface area (TPSA) is 58.4 Å². The van der Waals surface area contributed by atoms with E-state index in [1.54, 1.807) is 7.05 Å². The van der Waals surface area contributed by atoms with Crippen LogP contribution in [0, 0.1) is 5.92 Å². The molecule has 3 N–H and O–H groups in total. The van der Waals surface area contributed by atoms with Crippen LogP contribution in [0.25, 0.3) is 0 Å². The molecule has 0 aromatic heterocycles. The van der Waals surface area contributed by atoms with Crippen molar-refractivity contribution in [3.8, 4) is 0 Å². The van der Waals surface area contributed by atoms with Gasteiger partial charge in [0.2, 0.25) is 5.91 Å². The van der Waals surface area contributed by atoms with Crippen LogP contribution in [-0.4, -0.2) is 43.5 Å². The van der Waals surface area contributed by atoms with E-state index in [2.05, 4.69) is 17.3 Å². The van der Waals surface area contributed by atoms with Crippen LogP contribution in [0.5, 0.6) is 0 Å². The second-order valence-corrected chi connectivity index (χ2v) is 4.34. The molecule has 0 saturated heterocycles. The van der Waals surface area contributed by atoms with E-state index in [1.807, 2.05) is 6.92 Å². The van der Waals surface area contributed by atoms with E-state index in [9.17, 15) is 4.79 Å². The highest BCUT2D eigenvalue weighted by atomic mass is 16.1. The molecule has 0 spiro atoms. The zero-order chi connectivity index (χ0) is 10.7. The molecule has 0 aromatic carbocycles. The quantitative estimate of drug-likeness (QED) is 0.658. The Hall–Kier alpha value is -0.610. The minimum Gasteiger partial charge on any atom is -0.359 e. The van der Waals surface area contributed by atoms with Gasteiger partial charge in [-0.15, -0.1) is 0 Å². The predicted molar refractivity (Wildman–Crippen MR) is 56.9 cm³/mol. The Morgan fingerprint density at radius 1 is 1.64 bits per heavy atom. The van der Waals surface area contributed by atoms with Gasteiger partial charge in [0.15, 0.2) is 0 Å². The van der Waals surface area contributed by atoms with Crippen LogP contribution in [0.3, 0.4) is 0 Å². The molecule has 4 nitrogen and oxygen atoms in total. The molecule has 1 unspecified atom stereocenters. The third-order valence-corrected chi connectivity index (χ3v) is 3.03. The van der Waals surface area contributed by atoms with E-state index in [1.165, 1.54) is 0 Å². The molecule has 0 bridgehead atoms. The Morgan fingerprint density at radius 3 is 2.64 bits per heavy atom. The van der Waals surface area contributed by atoms with Gasteiger partial charge in [0.05, 0.1) is 0 Å². The number of carbonyl (C=O) groups is 1. The summed E-state index contributed by atoms with van der Waals surface area (Å²) in [5.41, 5.74) is 5.72. The van der Waals surface area contributed by atoms with Crippen LogP contribution in [-0.2, 0) is 4.79 Å². The van der Waals surface area contributed by atoms with Crippen molar-refractivity contribution in [2.45, 2.75) is 31.8 Å². The molecule has 0 heterocycles. The number of carbonyl (C=O) groups excluding carboxylic acids is 1. The minimum atomic E-state index is 0.0572. The fourth-order valence-electron chi connectivity index (χ4n) is 1.90.